The summed E-state index contributed by atoms with van der Waals surface area (Å²) in [5.41, 5.74) is 2.14. The number of benzene rings is 1. The van der Waals surface area contributed by atoms with Gasteiger partial charge in [-0.15, -0.1) is 0 Å². The van der Waals surface area contributed by atoms with Gasteiger partial charge in [0.1, 0.15) is 17.4 Å². The lowest BCUT2D eigenvalue weighted by molar-refractivity contribution is 0.194. The highest BCUT2D eigenvalue weighted by molar-refractivity contribution is 5.47. The first-order chi connectivity index (χ1) is 11.6. The number of anilines is 1. The minimum atomic E-state index is -0.346. The molecule has 1 aliphatic heterocycles. The summed E-state index contributed by atoms with van der Waals surface area (Å²) in [6.07, 6.45) is 2.73. The molecule has 1 aliphatic carbocycles. The number of nitrogens with zero attached hydrogens (tertiary/aromatic N) is 3. The molecule has 4 rings (SSSR count). The maximum absolute atomic E-state index is 10.3. The van der Waals surface area contributed by atoms with Crippen LogP contribution in [0.3, 0.4) is 0 Å². The molecule has 2 aromatic rings. The van der Waals surface area contributed by atoms with Gasteiger partial charge in [-0.3, -0.25) is 0 Å². The number of ether oxygens (including phenoxy) is 1. The third-order valence-electron chi connectivity index (χ3n) is 4.85. The van der Waals surface area contributed by atoms with Crippen LogP contribution in [0.25, 0.3) is 0 Å². The van der Waals surface area contributed by atoms with Crippen molar-refractivity contribution in [1.29, 1.82) is 0 Å². The number of rotatable bonds is 4. The van der Waals surface area contributed by atoms with E-state index in [-0.39, 0.29) is 12.1 Å². The zero-order valence-corrected chi connectivity index (χ0v) is 14.1. The molecule has 0 amide bonds. The zero-order chi connectivity index (χ0) is 16.7. The SMILES string of the molecule is COc1cccc([C@H]2C[C@@H](O)CN2c2cc(C)nc(C3CC3)n2)c1. The zero-order valence-electron chi connectivity index (χ0n) is 14.1. The topological polar surface area (TPSA) is 58.5 Å². The number of β-amino-alcohol motifs (C(OH)–C–C–N with tert-alkyl or cyclic N) is 1. The second-order valence-electron chi connectivity index (χ2n) is 6.83. The minimum Gasteiger partial charge on any atom is -0.497 e. The van der Waals surface area contributed by atoms with Crippen LogP contribution in [0, 0.1) is 6.92 Å². The maximum atomic E-state index is 10.3. The van der Waals surface area contributed by atoms with Gasteiger partial charge in [-0.05, 0) is 43.9 Å². The molecule has 126 valence electrons. The first kappa shape index (κ1) is 15.4. The fourth-order valence-corrected chi connectivity index (χ4v) is 3.48. The van der Waals surface area contributed by atoms with Crippen LogP contribution in [0.5, 0.6) is 5.75 Å². The van der Waals surface area contributed by atoms with Crippen LogP contribution in [0.1, 0.15) is 48.3 Å². The number of methoxy groups -OCH3 is 1. The molecule has 24 heavy (non-hydrogen) atoms. The molecule has 1 saturated carbocycles. The molecule has 1 aromatic carbocycles. The highest BCUT2D eigenvalue weighted by Gasteiger charge is 2.34. The molecule has 0 radical (unpaired) electrons. The summed E-state index contributed by atoms with van der Waals surface area (Å²) in [5.74, 6) is 3.24. The smallest absolute Gasteiger partial charge is 0.134 e. The van der Waals surface area contributed by atoms with E-state index in [2.05, 4.69) is 16.0 Å². The van der Waals surface area contributed by atoms with E-state index in [9.17, 15) is 5.11 Å². The third-order valence-corrected chi connectivity index (χ3v) is 4.85. The van der Waals surface area contributed by atoms with E-state index in [4.69, 9.17) is 9.72 Å². The van der Waals surface area contributed by atoms with E-state index in [1.54, 1.807) is 7.11 Å². The Morgan fingerprint density at radius 3 is 2.79 bits per heavy atom. The Morgan fingerprint density at radius 1 is 1.21 bits per heavy atom. The van der Waals surface area contributed by atoms with Gasteiger partial charge in [0.25, 0.3) is 0 Å². The van der Waals surface area contributed by atoms with Gasteiger partial charge in [-0.1, -0.05) is 12.1 Å². The van der Waals surface area contributed by atoms with E-state index in [0.717, 1.165) is 28.6 Å². The molecule has 0 unspecified atom stereocenters. The molecular weight excluding hydrogens is 302 g/mol. The molecule has 2 atom stereocenters. The predicted octanol–water partition coefficient (Wildman–Crippen LogP) is 2.98. The van der Waals surface area contributed by atoms with Crippen LogP contribution in [-0.2, 0) is 0 Å². The molecule has 1 N–H and O–H groups in total. The van der Waals surface area contributed by atoms with Gasteiger partial charge in [-0.2, -0.15) is 0 Å². The van der Waals surface area contributed by atoms with Crippen molar-refractivity contribution in [2.75, 3.05) is 18.6 Å². The van der Waals surface area contributed by atoms with Gasteiger partial charge < -0.3 is 14.7 Å². The van der Waals surface area contributed by atoms with Crippen LogP contribution in [0.4, 0.5) is 5.82 Å². The van der Waals surface area contributed by atoms with Crippen molar-refractivity contribution < 1.29 is 9.84 Å². The normalized spacial score (nSPS) is 23.5. The molecule has 5 nitrogen and oxygen atoms in total. The Hall–Kier alpha value is -2.14. The average Bonchev–Trinajstić information content (AvgIpc) is 3.36. The second kappa shape index (κ2) is 6.06. The Morgan fingerprint density at radius 2 is 2.04 bits per heavy atom. The first-order valence-electron chi connectivity index (χ1n) is 8.58. The van der Waals surface area contributed by atoms with E-state index in [1.807, 2.05) is 31.2 Å². The third kappa shape index (κ3) is 2.96. The fourth-order valence-electron chi connectivity index (χ4n) is 3.48. The molecule has 0 spiro atoms. The van der Waals surface area contributed by atoms with Crippen LogP contribution >= 0.6 is 0 Å². The summed E-state index contributed by atoms with van der Waals surface area (Å²) >= 11 is 0. The fraction of sp³-hybridized carbons (Fsp3) is 0.474. The predicted molar refractivity (Wildman–Crippen MR) is 92.4 cm³/mol. The highest BCUT2D eigenvalue weighted by atomic mass is 16.5. The summed E-state index contributed by atoms with van der Waals surface area (Å²) < 4.78 is 5.35. The summed E-state index contributed by atoms with van der Waals surface area (Å²) in [6, 6.07) is 10.2. The van der Waals surface area contributed by atoms with Crippen molar-refractivity contribution in [2.24, 2.45) is 0 Å². The van der Waals surface area contributed by atoms with Crippen molar-refractivity contribution >= 4 is 5.82 Å². The van der Waals surface area contributed by atoms with Crippen molar-refractivity contribution in [3.8, 4) is 5.75 Å². The van der Waals surface area contributed by atoms with Crippen LogP contribution in [-0.4, -0.2) is 34.8 Å². The summed E-state index contributed by atoms with van der Waals surface area (Å²) in [4.78, 5) is 11.6. The molecule has 1 saturated heterocycles. The van der Waals surface area contributed by atoms with E-state index < -0.39 is 0 Å². The number of aliphatic hydroxyl groups is 1. The van der Waals surface area contributed by atoms with E-state index in [1.165, 1.54) is 12.8 Å². The maximum Gasteiger partial charge on any atom is 0.134 e. The molecule has 5 heteroatoms. The van der Waals surface area contributed by atoms with Gasteiger partial charge >= 0.3 is 0 Å². The van der Waals surface area contributed by atoms with Crippen molar-refractivity contribution in [3.63, 3.8) is 0 Å². The number of hydrogen-bond donors (Lipinski definition) is 1. The summed E-state index contributed by atoms with van der Waals surface area (Å²) in [7, 11) is 1.68. The van der Waals surface area contributed by atoms with Crippen LogP contribution < -0.4 is 9.64 Å². The van der Waals surface area contributed by atoms with Gasteiger partial charge in [0.15, 0.2) is 0 Å². The monoisotopic (exact) mass is 325 g/mol. The Kier molecular flexibility index (Phi) is 3.88. The van der Waals surface area contributed by atoms with Crippen molar-refractivity contribution in [2.45, 2.75) is 44.2 Å². The highest BCUT2D eigenvalue weighted by Crippen LogP contribution is 2.41. The Labute approximate surface area is 142 Å². The number of aliphatic hydroxyl groups excluding tert-OH is 1. The largest absolute Gasteiger partial charge is 0.497 e. The summed E-state index contributed by atoms with van der Waals surface area (Å²) in [6.45, 7) is 2.62. The van der Waals surface area contributed by atoms with Crippen LogP contribution in [0.15, 0.2) is 30.3 Å². The Balaban J connectivity index is 1.70. The van der Waals surface area contributed by atoms with Gasteiger partial charge in [0.2, 0.25) is 0 Å². The number of aromatic nitrogens is 2. The average molecular weight is 325 g/mol. The molecular formula is C19H23N3O2. The van der Waals surface area contributed by atoms with E-state index >= 15 is 0 Å². The molecule has 2 fully saturated rings. The molecule has 2 heterocycles. The lowest BCUT2D eigenvalue weighted by Gasteiger charge is -2.26. The Bertz CT molecular complexity index is 745. The second-order valence-corrected chi connectivity index (χ2v) is 6.83. The molecule has 1 aromatic heterocycles. The van der Waals surface area contributed by atoms with Gasteiger partial charge in [0.05, 0.1) is 19.3 Å². The standard InChI is InChI=1S/C19H23N3O2/c1-12-8-18(21-19(20-12)13-6-7-13)22-11-15(23)10-17(22)14-4-3-5-16(9-14)24-2/h3-5,8-9,13,15,17,23H,6-7,10-11H2,1-2H3/t15-,17-/m1/s1. The first-order valence-corrected chi connectivity index (χ1v) is 8.58. The van der Waals surface area contributed by atoms with Gasteiger partial charge in [0, 0.05) is 24.2 Å². The quantitative estimate of drug-likeness (QED) is 0.936. The lowest BCUT2D eigenvalue weighted by Crippen LogP contribution is -2.26. The van der Waals surface area contributed by atoms with Crippen LogP contribution in [0.2, 0.25) is 0 Å². The molecule has 0 bridgehead atoms. The summed E-state index contributed by atoms with van der Waals surface area (Å²) in [5, 5.41) is 10.3. The molecule has 2 aliphatic rings. The van der Waals surface area contributed by atoms with Crippen molar-refractivity contribution in [3.05, 3.63) is 47.4 Å². The number of aryl methyl sites for hydroxylation is 1. The van der Waals surface area contributed by atoms with Crippen molar-refractivity contribution in [1.82, 2.24) is 9.97 Å². The van der Waals surface area contributed by atoms with E-state index in [0.29, 0.717) is 18.9 Å². The number of hydrogen-bond acceptors (Lipinski definition) is 5. The lowest BCUT2D eigenvalue weighted by atomic mass is 10.0. The van der Waals surface area contributed by atoms with Gasteiger partial charge in [-0.25, -0.2) is 9.97 Å². The minimum absolute atomic E-state index is 0.108.